The largest absolute Gasteiger partial charge is 1.00 e. The monoisotopic (exact) mass is 579 g/mol. The molecular formula is C25H31Cl2O2Si2Zr-. The molecule has 32 heavy (non-hydrogen) atoms. The first-order chi connectivity index (χ1) is 14.3. The van der Waals surface area contributed by atoms with Crippen LogP contribution in [0.1, 0.15) is 22.6 Å². The van der Waals surface area contributed by atoms with E-state index in [0.29, 0.717) is 13.2 Å². The van der Waals surface area contributed by atoms with Gasteiger partial charge in [-0.1, -0.05) is 30.3 Å². The van der Waals surface area contributed by atoms with E-state index < -0.39 is 8.32 Å². The second kappa shape index (κ2) is 13.4. The molecule has 1 aliphatic rings. The van der Waals surface area contributed by atoms with Crippen molar-refractivity contribution in [2.24, 2.45) is 0 Å². The zero-order chi connectivity index (χ0) is 21.7. The molecule has 0 saturated carbocycles. The van der Waals surface area contributed by atoms with Gasteiger partial charge >= 0.3 is 41.9 Å². The Morgan fingerprint density at radius 1 is 0.938 bits per heavy atom. The summed E-state index contributed by atoms with van der Waals surface area (Å²) >= 11 is 1.74. The Hall–Kier alpha value is -0.553. The first-order valence-electron chi connectivity index (χ1n) is 10.5. The summed E-state index contributed by atoms with van der Waals surface area (Å²) in [5.74, 6) is 1.19. The maximum absolute atomic E-state index is 6.22. The molecule has 0 fully saturated rings. The summed E-state index contributed by atoms with van der Waals surface area (Å²) in [4.78, 5) is 0. The number of ether oxygens (including phenoxy) is 1. The Kier molecular flexibility index (Phi) is 12.3. The third kappa shape index (κ3) is 8.04. The van der Waals surface area contributed by atoms with E-state index in [1.165, 1.54) is 27.5 Å². The summed E-state index contributed by atoms with van der Waals surface area (Å²) in [6.07, 6.45) is 2.19. The summed E-state index contributed by atoms with van der Waals surface area (Å²) in [6.45, 7) is 12.5. The number of halogens is 2. The Morgan fingerprint density at radius 2 is 1.56 bits per heavy atom. The van der Waals surface area contributed by atoms with E-state index in [2.05, 4.69) is 99.5 Å². The van der Waals surface area contributed by atoms with Gasteiger partial charge < -0.3 is 34.0 Å². The van der Waals surface area contributed by atoms with Crippen molar-refractivity contribution >= 4 is 30.6 Å². The van der Waals surface area contributed by atoms with Gasteiger partial charge in [-0.05, 0) is 36.8 Å². The molecule has 170 valence electrons. The molecule has 0 amide bonds. The predicted octanol–water partition coefficient (Wildman–Crippen LogP) is 0.706. The fraction of sp³-hybridized carbons (Fsp3) is 0.320. The molecule has 0 aliphatic heterocycles. The Labute approximate surface area is 221 Å². The number of fused-ring (bicyclic) bond motifs is 2. The zero-order valence-corrected chi connectivity index (χ0v) is 25.4. The quantitative estimate of drug-likeness (QED) is 0.243. The number of benzene rings is 2. The van der Waals surface area contributed by atoms with Gasteiger partial charge in [0.2, 0.25) is 0 Å². The van der Waals surface area contributed by atoms with Crippen molar-refractivity contribution in [2.75, 3.05) is 13.2 Å². The molecule has 1 aliphatic carbocycles. The average molecular weight is 582 g/mol. The van der Waals surface area contributed by atoms with E-state index in [9.17, 15) is 0 Å². The maximum Gasteiger partial charge on any atom is -1.00 e. The number of hydrogen-bond donors (Lipinski definition) is 0. The number of rotatable bonds is 6. The average Bonchev–Trinajstić information content (AvgIpc) is 3.24. The molecule has 7 heteroatoms. The summed E-state index contributed by atoms with van der Waals surface area (Å²) in [5, 5.41) is 2.59. The van der Waals surface area contributed by atoms with Crippen LogP contribution < -0.4 is 24.8 Å². The molecule has 0 N–H and O–H groups in total. The molecule has 3 aromatic rings. The van der Waals surface area contributed by atoms with Crippen LogP contribution in [0.3, 0.4) is 0 Å². The van der Waals surface area contributed by atoms with E-state index in [1.807, 2.05) is 0 Å². The molecule has 3 aromatic carbocycles. The summed E-state index contributed by atoms with van der Waals surface area (Å²) in [5.41, 5.74) is 4.11. The van der Waals surface area contributed by atoms with Crippen molar-refractivity contribution in [3.05, 3.63) is 83.1 Å². The molecule has 1 unspecified atom stereocenters. The molecule has 0 bridgehead atoms. The van der Waals surface area contributed by atoms with Crippen molar-refractivity contribution in [2.45, 2.75) is 38.7 Å². The fourth-order valence-corrected chi connectivity index (χ4v) is 4.37. The normalized spacial score (nSPS) is 14.3. The van der Waals surface area contributed by atoms with Crippen molar-refractivity contribution in [3.63, 3.8) is 0 Å². The van der Waals surface area contributed by atoms with Gasteiger partial charge in [0, 0.05) is 5.92 Å². The standard InChI is InChI=1S/C23H25O2Si.C2H6Si.2ClH.Zr/c1-26(2,3)25-15-14-24-22-16-18-9-5-7-11-20(18)23(22)21-13-12-17-8-4-6-10-19(17)21;1-3-2;;;/h4-13,16,23H,14-15H2,1-3H3;1-2H3;2*1H;/q-1;;;;+2/p-2. The smallest absolute Gasteiger partial charge is 1.00 e. The fourth-order valence-electron chi connectivity index (χ4n) is 3.67. The topological polar surface area (TPSA) is 18.5 Å². The van der Waals surface area contributed by atoms with Crippen LogP contribution in [-0.2, 0) is 32.5 Å². The SMILES string of the molecule is C[Si](C)(C)OCCOC1=Cc2ccccc2C1[c-]1ccc2ccccc21.C[Si](C)=[Zr+2].[Cl-].[Cl-]. The van der Waals surface area contributed by atoms with Crippen molar-refractivity contribution in [3.8, 4) is 0 Å². The minimum absolute atomic E-state index is 0. The van der Waals surface area contributed by atoms with E-state index >= 15 is 0 Å². The van der Waals surface area contributed by atoms with Gasteiger partial charge in [0.1, 0.15) is 6.61 Å². The first kappa shape index (κ1) is 29.5. The van der Waals surface area contributed by atoms with E-state index in [-0.39, 0.29) is 36.2 Å². The van der Waals surface area contributed by atoms with Crippen LogP contribution in [0.25, 0.3) is 16.8 Å². The van der Waals surface area contributed by atoms with Crippen LogP contribution >= 0.6 is 0 Å². The zero-order valence-electron chi connectivity index (χ0n) is 19.4. The minimum Gasteiger partial charge on any atom is -1.00 e. The molecule has 0 aromatic heterocycles. The van der Waals surface area contributed by atoms with E-state index in [0.717, 1.165) is 5.76 Å². The van der Waals surface area contributed by atoms with Gasteiger partial charge in [-0.15, -0.1) is 40.6 Å². The van der Waals surface area contributed by atoms with Gasteiger partial charge in [-0.3, -0.25) is 0 Å². The van der Waals surface area contributed by atoms with Crippen LogP contribution in [0, 0.1) is 0 Å². The van der Waals surface area contributed by atoms with Crippen LogP contribution in [0.15, 0.2) is 66.4 Å². The molecule has 0 spiro atoms. The Bertz CT molecular complexity index is 1050. The van der Waals surface area contributed by atoms with Gasteiger partial charge in [0.05, 0.1) is 12.4 Å². The van der Waals surface area contributed by atoms with Crippen LogP contribution in [0.4, 0.5) is 0 Å². The van der Waals surface area contributed by atoms with Gasteiger partial charge in [-0.2, -0.15) is 6.07 Å². The van der Waals surface area contributed by atoms with Gasteiger partial charge in [0.25, 0.3) is 0 Å². The predicted molar refractivity (Wildman–Crippen MR) is 129 cm³/mol. The number of allylic oxidation sites excluding steroid dienone is 1. The van der Waals surface area contributed by atoms with Crippen LogP contribution in [0.2, 0.25) is 32.7 Å². The molecule has 1 atom stereocenters. The first-order valence-corrected chi connectivity index (χ1v) is 20.1. The molecule has 0 saturated heterocycles. The molecule has 2 nitrogen and oxygen atoms in total. The second-order valence-electron chi connectivity index (χ2n) is 8.79. The summed E-state index contributed by atoms with van der Waals surface area (Å²) < 4.78 is 12.2. The number of hydrogen-bond acceptors (Lipinski definition) is 2. The Morgan fingerprint density at radius 3 is 2.25 bits per heavy atom. The molecule has 4 rings (SSSR count). The molecular weight excluding hydrogens is 551 g/mol. The maximum atomic E-state index is 6.22. The minimum atomic E-state index is -1.50. The van der Waals surface area contributed by atoms with E-state index in [1.54, 1.807) is 23.3 Å². The van der Waals surface area contributed by atoms with Crippen LogP contribution in [0.5, 0.6) is 0 Å². The van der Waals surface area contributed by atoms with Gasteiger partial charge in [-0.25, -0.2) is 0 Å². The van der Waals surface area contributed by atoms with Gasteiger partial charge in [0.15, 0.2) is 8.32 Å². The Balaban J connectivity index is 0.000000790. The second-order valence-corrected chi connectivity index (χ2v) is 22.7. The van der Waals surface area contributed by atoms with Crippen LogP contribution in [-0.4, -0.2) is 27.0 Å². The van der Waals surface area contributed by atoms with Crippen molar-refractivity contribution in [1.82, 2.24) is 0 Å². The third-order valence-corrected chi connectivity index (χ3v) is 5.87. The third-order valence-electron chi connectivity index (χ3n) is 4.80. The molecule has 0 radical (unpaired) electrons. The summed E-state index contributed by atoms with van der Waals surface area (Å²) in [7, 11) is -1.50. The summed E-state index contributed by atoms with van der Waals surface area (Å²) in [6, 6.07) is 21.6. The van der Waals surface area contributed by atoms with E-state index in [4.69, 9.17) is 9.16 Å². The van der Waals surface area contributed by atoms with Crippen molar-refractivity contribution in [1.29, 1.82) is 0 Å². The molecule has 0 heterocycles. The van der Waals surface area contributed by atoms with Crippen molar-refractivity contribution < 1.29 is 57.3 Å².